The fourth-order valence-electron chi connectivity index (χ4n) is 2.59. The number of ether oxygens (including phenoxy) is 3. The Labute approximate surface area is 184 Å². The van der Waals surface area contributed by atoms with Crippen LogP contribution in [-0.4, -0.2) is 56.6 Å². The number of nitrogens with zero attached hydrogens (tertiary/aromatic N) is 2. The van der Waals surface area contributed by atoms with Gasteiger partial charge in [0, 0.05) is 30.6 Å². The lowest BCUT2D eigenvalue weighted by Crippen LogP contribution is -2.27. The number of rotatable bonds is 8. The van der Waals surface area contributed by atoms with Gasteiger partial charge in [0.2, 0.25) is 0 Å². The van der Waals surface area contributed by atoms with Gasteiger partial charge in [-0.05, 0) is 42.5 Å². The molecule has 0 atom stereocenters. The van der Waals surface area contributed by atoms with E-state index < -0.39 is 0 Å². The van der Waals surface area contributed by atoms with Gasteiger partial charge in [-0.1, -0.05) is 0 Å². The van der Waals surface area contributed by atoms with E-state index in [1.807, 2.05) is 29.6 Å². The minimum atomic E-state index is -0.329. The van der Waals surface area contributed by atoms with E-state index in [4.69, 9.17) is 14.2 Å². The Hall–Kier alpha value is -3.59. The lowest BCUT2D eigenvalue weighted by Gasteiger charge is -2.14. The summed E-state index contributed by atoms with van der Waals surface area (Å²) in [4.78, 5) is 30.3. The Morgan fingerprint density at radius 3 is 2.42 bits per heavy atom. The molecule has 0 radical (unpaired) electrons. The van der Waals surface area contributed by atoms with Crippen LogP contribution in [0.25, 0.3) is 11.3 Å². The van der Waals surface area contributed by atoms with Gasteiger partial charge in [0.1, 0.15) is 5.75 Å². The molecule has 0 saturated heterocycles. The molecule has 0 saturated carbocycles. The number of carbonyl (C=O) groups is 2. The number of nitrogens with one attached hydrogen (secondary N) is 1. The molecule has 0 aliphatic carbocycles. The first-order valence-corrected chi connectivity index (χ1v) is 10.2. The maximum atomic E-state index is 12.7. The molecule has 3 aromatic rings. The molecule has 162 valence electrons. The molecule has 1 aromatic heterocycles. The van der Waals surface area contributed by atoms with E-state index in [9.17, 15) is 9.59 Å². The van der Waals surface area contributed by atoms with Gasteiger partial charge in [0.25, 0.3) is 11.8 Å². The molecule has 3 rings (SSSR count). The van der Waals surface area contributed by atoms with Gasteiger partial charge in [0.05, 0.1) is 19.9 Å². The molecule has 0 bridgehead atoms. The van der Waals surface area contributed by atoms with Crippen LogP contribution in [0.5, 0.6) is 17.2 Å². The topological polar surface area (TPSA) is 90.0 Å². The van der Waals surface area contributed by atoms with Crippen LogP contribution in [0.15, 0.2) is 47.8 Å². The van der Waals surface area contributed by atoms with Crippen molar-refractivity contribution in [1.29, 1.82) is 0 Å². The molecule has 0 aliphatic heterocycles. The third-order valence-electron chi connectivity index (χ3n) is 4.39. The Bertz CT molecular complexity index is 1060. The second-order valence-corrected chi connectivity index (χ2v) is 7.52. The van der Waals surface area contributed by atoms with Crippen LogP contribution in [0.2, 0.25) is 0 Å². The number of methoxy groups -OCH3 is 2. The van der Waals surface area contributed by atoms with E-state index in [1.165, 1.54) is 23.3 Å². The number of anilines is 1. The SMILES string of the molecule is COc1ccc(-c2csc(NC(=O)c3ccc(OCC(=O)N(C)C)c(OC)c3)n2)cc1. The number of hydrogen-bond acceptors (Lipinski definition) is 7. The van der Waals surface area contributed by atoms with Crippen molar-refractivity contribution in [1.82, 2.24) is 9.88 Å². The Morgan fingerprint density at radius 2 is 1.77 bits per heavy atom. The van der Waals surface area contributed by atoms with E-state index in [-0.39, 0.29) is 18.4 Å². The maximum Gasteiger partial charge on any atom is 0.259 e. The van der Waals surface area contributed by atoms with Gasteiger partial charge in [-0.3, -0.25) is 14.9 Å². The summed E-state index contributed by atoms with van der Waals surface area (Å²) in [6.45, 7) is -0.123. The van der Waals surface area contributed by atoms with Gasteiger partial charge in [-0.15, -0.1) is 11.3 Å². The highest BCUT2D eigenvalue weighted by Crippen LogP contribution is 2.30. The summed E-state index contributed by atoms with van der Waals surface area (Å²) < 4.78 is 16.0. The summed E-state index contributed by atoms with van der Waals surface area (Å²) in [5.74, 6) is 0.993. The Kier molecular flexibility index (Phi) is 7.09. The minimum Gasteiger partial charge on any atom is -0.497 e. The third-order valence-corrected chi connectivity index (χ3v) is 5.14. The standard InChI is InChI=1S/C22H23N3O5S/c1-25(2)20(26)12-30-18-10-7-15(11-19(18)29-4)21(27)24-22-23-17(13-31-22)14-5-8-16(28-3)9-6-14/h5-11,13H,12H2,1-4H3,(H,23,24,27). The zero-order valence-corrected chi connectivity index (χ0v) is 18.5. The summed E-state index contributed by atoms with van der Waals surface area (Å²) in [5.41, 5.74) is 2.06. The van der Waals surface area contributed by atoms with Crippen molar-refractivity contribution in [3.05, 3.63) is 53.4 Å². The van der Waals surface area contributed by atoms with Crippen LogP contribution in [0.1, 0.15) is 10.4 Å². The average Bonchev–Trinajstić information content (AvgIpc) is 3.25. The van der Waals surface area contributed by atoms with Crippen LogP contribution in [0.4, 0.5) is 5.13 Å². The van der Waals surface area contributed by atoms with Crippen LogP contribution in [0, 0.1) is 0 Å². The number of aromatic nitrogens is 1. The van der Waals surface area contributed by atoms with Gasteiger partial charge >= 0.3 is 0 Å². The Balaban J connectivity index is 1.68. The zero-order chi connectivity index (χ0) is 22.4. The highest BCUT2D eigenvalue weighted by molar-refractivity contribution is 7.14. The van der Waals surface area contributed by atoms with Crippen LogP contribution in [-0.2, 0) is 4.79 Å². The number of likely N-dealkylation sites (N-methyl/N-ethyl adjacent to an activating group) is 1. The maximum absolute atomic E-state index is 12.7. The van der Waals surface area contributed by atoms with E-state index in [0.717, 1.165) is 17.0 Å². The van der Waals surface area contributed by atoms with Crippen molar-refractivity contribution in [2.75, 3.05) is 40.2 Å². The van der Waals surface area contributed by atoms with Crippen LogP contribution >= 0.6 is 11.3 Å². The molecule has 1 N–H and O–H groups in total. The molecule has 0 unspecified atom stereocenters. The number of benzene rings is 2. The summed E-state index contributed by atoms with van der Waals surface area (Å²) >= 11 is 1.33. The quantitative estimate of drug-likeness (QED) is 0.575. The minimum absolute atomic E-state index is 0.123. The summed E-state index contributed by atoms with van der Waals surface area (Å²) in [5, 5.41) is 5.14. The van der Waals surface area contributed by atoms with Crippen LogP contribution < -0.4 is 19.5 Å². The Morgan fingerprint density at radius 1 is 1.03 bits per heavy atom. The van der Waals surface area contributed by atoms with E-state index in [0.29, 0.717) is 22.2 Å². The fraction of sp³-hybridized carbons (Fsp3) is 0.227. The molecule has 2 aromatic carbocycles. The number of carbonyl (C=O) groups excluding carboxylic acids is 2. The molecule has 2 amide bonds. The van der Waals surface area contributed by atoms with Crippen molar-refractivity contribution >= 4 is 28.3 Å². The van der Waals surface area contributed by atoms with E-state index in [2.05, 4.69) is 10.3 Å². The summed E-state index contributed by atoms with van der Waals surface area (Å²) in [7, 11) is 6.38. The number of hydrogen-bond donors (Lipinski definition) is 1. The molecule has 9 heteroatoms. The van der Waals surface area contributed by atoms with Crippen molar-refractivity contribution in [2.45, 2.75) is 0 Å². The first-order chi connectivity index (χ1) is 14.9. The lowest BCUT2D eigenvalue weighted by molar-refractivity contribution is -0.130. The monoisotopic (exact) mass is 441 g/mol. The normalized spacial score (nSPS) is 10.3. The fourth-order valence-corrected chi connectivity index (χ4v) is 3.31. The molecular formula is C22H23N3O5S. The number of thiazole rings is 1. The summed E-state index contributed by atoms with van der Waals surface area (Å²) in [6, 6.07) is 12.3. The highest BCUT2D eigenvalue weighted by Gasteiger charge is 2.15. The van der Waals surface area contributed by atoms with Crippen molar-refractivity contribution in [3.63, 3.8) is 0 Å². The molecule has 0 spiro atoms. The summed E-state index contributed by atoms with van der Waals surface area (Å²) in [6.07, 6.45) is 0. The van der Waals surface area contributed by atoms with Crippen molar-refractivity contribution in [2.24, 2.45) is 0 Å². The van der Waals surface area contributed by atoms with Gasteiger partial charge in [-0.25, -0.2) is 4.98 Å². The molecule has 31 heavy (non-hydrogen) atoms. The molecule has 0 aliphatic rings. The second kappa shape index (κ2) is 9.94. The van der Waals surface area contributed by atoms with E-state index in [1.54, 1.807) is 39.4 Å². The largest absolute Gasteiger partial charge is 0.497 e. The smallest absolute Gasteiger partial charge is 0.259 e. The first kappa shape index (κ1) is 22.1. The van der Waals surface area contributed by atoms with Crippen LogP contribution in [0.3, 0.4) is 0 Å². The molecule has 0 fully saturated rings. The lowest BCUT2D eigenvalue weighted by atomic mass is 10.2. The highest BCUT2D eigenvalue weighted by atomic mass is 32.1. The third kappa shape index (κ3) is 5.52. The van der Waals surface area contributed by atoms with Gasteiger partial charge in [0.15, 0.2) is 23.2 Å². The van der Waals surface area contributed by atoms with Crippen molar-refractivity contribution in [3.8, 4) is 28.5 Å². The predicted octanol–water partition coefficient (Wildman–Crippen LogP) is 3.55. The van der Waals surface area contributed by atoms with Crippen molar-refractivity contribution < 1.29 is 23.8 Å². The molecule has 1 heterocycles. The first-order valence-electron chi connectivity index (χ1n) is 9.33. The van der Waals surface area contributed by atoms with Gasteiger partial charge in [-0.2, -0.15) is 0 Å². The molecule has 8 nitrogen and oxygen atoms in total. The molecular weight excluding hydrogens is 418 g/mol. The van der Waals surface area contributed by atoms with Gasteiger partial charge < -0.3 is 19.1 Å². The zero-order valence-electron chi connectivity index (χ0n) is 17.7. The average molecular weight is 442 g/mol. The predicted molar refractivity (Wildman–Crippen MR) is 119 cm³/mol. The number of amides is 2. The second-order valence-electron chi connectivity index (χ2n) is 6.66. The van der Waals surface area contributed by atoms with E-state index >= 15 is 0 Å².